The minimum Gasteiger partial charge on any atom is -0.497 e. The molecular formula is C12H15FN2O2. The highest BCUT2D eigenvalue weighted by atomic mass is 19.1. The van der Waals surface area contributed by atoms with Crippen LogP contribution in [0.2, 0.25) is 0 Å². The number of carbonyl (C=O) groups is 1. The first-order valence-electron chi connectivity index (χ1n) is 5.47. The minimum atomic E-state index is -0.774. The van der Waals surface area contributed by atoms with Gasteiger partial charge in [-0.25, -0.2) is 4.39 Å². The third-order valence-electron chi connectivity index (χ3n) is 2.65. The summed E-state index contributed by atoms with van der Waals surface area (Å²) in [7, 11) is 1.59. The van der Waals surface area contributed by atoms with Crippen molar-refractivity contribution in [2.45, 2.75) is 6.17 Å². The van der Waals surface area contributed by atoms with Crippen molar-refractivity contribution in [2.24, 2.45) is 0 Å². The fraction of sp³-hybridized carbons (Fsp3) is 0.417. The van der Waals surface area contributed by atoms with Crippen molar-refractivity contribution < 1.29 is 13.9 Å². The standard InChI is InChI=1S/C12H15FN2O2/c1-17-11-4-2-10(3-5-11)14-12(16)8-15-6-9(13)7-15/h2-5,9H,6-8H2,1H3,(H,14,16). The molecule has 1 aliphatic heterocycles. The van der Waals surface area contributed by atoms with Gasteiger partial charge in [0.25, 0.3) is 0 Å². The highest BCUT2D eigenvalue weighted by Crippen LogP contribution is 2.15. The number of rotatable bonds is 4. The molecule has 1 aliphatic rings. The van der Waals surface area contributed by atoms with E-state index in [1.807, 2.05) is 0 Å². The summed E-state index contributed by atoms with van der Waals surface area (Å²) in [5.41, 5.74) is 0.716. The van der Waals surface area contributed by atoms with E-state index >= 15 is 0 Å². The van der Waals surface area contributed by atoms with Crippen LogP contribution in [0.4, 0.5) is 10.1 Å². The zero-order valence-electron chi connectivity index (χ0n) is 9.65. The molecule has 5 heteroatoms. The molecule has 92 valence electrons. The number of anilines is 1. The summed E-state index contributed by atoms with van der Waals surface area (Å²) in [5, 5.41) is 2.75. The molecule has 1 aromatic rings. The summed E-state index contributed by atoms with van der Waals surface area (Å²) >= 11 is 0. The van der Waals surface area contributed by atoms with Crippen molar-refractivity contribution in [3.8, 4) is 5.75 Å². The van der Waals surface area contributed by atoms with E-state index in [4.69, 9.17) is 4.74 Å². The van der Waals surface area contributed by atoms with Gasteiger partial charge >= 0.3 is 0 Å². The van der Waals surface area contributed by atoms with Gasteiger partial charge in [-0.15, -0.1) is 0 Å². The number of hydrogen-bond donors (Lipinski definition) is 1. The minimum absolute atomic E-state index is 0.123. The second-order valence-corrected chi connectivity index (χ2v) is 4.07. The molecule has 1 N–H and O–H groups in total. The lowest BCUT2D eigenvalue weighted by atomic mass is 10.2. The molecule has 1 heterocycles. The number of hydrogen-bond acceptors (Lipinski definition) is 3. The van der Waals surface area contributed by atoms with E-state index in [0.29, 0.717) is 18.8 Å². The second kappa shape index (κ2) is 5.14. The first-order chi connectivity index (χ1) is 8.17. The van der Waals surface area contributed by atoms with Crippen LogP contribution < -0.4 is 10.1 Å². The second-order valence-electron chi connectivity index (χ2n) is 4.07. The van der Waals surface area contributed by atoms with E-state index in [1.54, 1.807) is 36.3 Å². The lowest BCUT2D eigenvalue weighted by Crippen LogP contribution is -2.51. The Bertz CT molecular complexity index is 388. The molecular weight excluding hydrogens is 223 g/mol. The maximum atomic E-state index is 12.5. The van der Waals surface area contributed by atoms with Crippen LogP contribution in [0.1, 0.15) is 0 Å². The first kappa shape index (κ1) is 11.9. The molecule has 2 rings (SSSR count). The topological polar surface area (TPSA) is 41.6 Å². The molecule has 4 nitrogen and oxygen atoms in total. The Morgan fingerprint density at radius 2 is 2.12 bits per heavy atom. The van der Waals surface area contributed by atoms with Crippen molar-refractivity contribution in [1.29, 1.82) is 0 Å². The molecule has 17 heavy (non-hydrogen) atoms. The van der Waals surface area contributed by atoms with Crippen LogP contribution in [0.5, 0.6) is 5.75 Å². The summed E-state index contributed by atoms with van der Waals surface area (Å²) in [6.07, 6.45) is -0.774. The quantitative estimate of drug-likeness (QED) is 0.859. The Morgan fingerprint density at radius 1 is 1.47 bits per heavy atom. The summed E-state index contributed by atoms with van der Waals surface area (Å²) in [5.74, 6) is 0.619. The van der Waals surface area contributed by atoms with Gasteiger partial charge < -0.3 is 10.1 Å². The molecule has 0 atom stereocenters. The average Bonchev–Trinajstić information content (AvgIpc) is 2.28. The van der Waals surface area contributed by atoms with Crippen LogP contribution in [0, 0.1) is 0 Å². The number of nitrogens with zero attached hydrogens (tertiary/aromatic N) is 1. The predicted octanol–water partition coefficient (Wildman–Crippen LogP) is 1.29. The molecule has 0 spiro atoms. The maximum Gasteiger partial charge on any atom is 0.238 e. The Balaban J connectivity index is 1.81. The zero-order valence-corrected chi connectivity index (χ0v) is 9.65. The maximum absolute atomic E-state index is 12.5. The Labute approximate surface area is 99.4 Å². The van der Waals surface area contributed by atoms with Gasteiger partial charge in [0.15, 0.2) is 0 Å². The van der Waals surface area contributed by atoms with E-state index < -0.39 is 6.17 Å². The van der Waals surface area contributed by atoms with E-state index in [0.717, 1.165) is 5.75 Å². The van der Waals surface area contributed by atoms with Crippen molar-refractivity contribution >= 4 is 11.6 Å². The number of nitrogens with one attached hydrogen (secondary N) is 1. The SMILES string of the molecule is COc1ccc(NC(=O)CN2CC(F)C2)cc1. The van der Waals surface area contributed by atoms with Crippen molar-refractivity contribution in [1.82, 2.24) is 4.90 Å². The average molecular weight is 238 g/mol. The number of amides is 1. The van der Waals surface area contributed by atoms with Crippen LogP contribution in [-0.4, -0.2) is 43.7 Å². The van der Waals surface area contributed by atoms with E-state index in [2.05, 4.69) is 5.32 Å². The van der Waals surface area contributed by atoms with E-state index in [9.17, 15) is 9.18 Å². The van der Waals surface area contributed by atoms with Crippen molar-refractivity contribution in [3.63, 3.8) is 0 Å². The van der Waals surface area contributed by atoms with Crippen molar-refractivity contribution in [3.05, 3.63) is 24.3 Å². The molecule has 1 amide bonds. The molecule has 1 saturated heterocycles. The van der Waals surface area contributed by atoms with Gasteiger partial charge in [0.05, 0.1) is 13.7 Å². The Hall–Kier alpha value is -1.62. The summed E-state index contributed by atoms with van der Waals surface area (Å²) < 4.78 is 17.6. The van der Waals surface area contributed by atoms with E-state index in [-0.39, 0.29) is 12.5 Å². The fourth-order valence-electron chi connectivity index (χ4n) is 1.71. The number of alkyl halides is 1. The lowest BCUT2D eigenvalue weighted by Gasteiger charge is -2.33. The van der Waals surface area contributed by atoms with Crippen LogP contribution >= 0.6 is 0 Å². The number of ether oxygens (including phenoxy) is 1. The molecule has 1 aromatic carbocycles. The van der Waals surface area contributed by atoms with E-state index in [1.165, 1.54) is 0 Å². The number of methoxy groups -OCH3 is 1. The highest BCUT2D eigenvalue weighted by molar-refractivity contribution is 5.92. The predicted molar refractivity (Wildman–Crippen MR) is 63.0 cm³/mol. The van der Waals surface area contributed by atoms with Crippen molar-refractivity contribution in [2.75, 3.05) is 32.1 Å². The van der Waals surface area contributed by atoms with Crippen LogP contribution in [0.15, 0.2) is 24.3 Å². The highest BCUT2D eigenvalue weighted by Gasteiger charge is 2.27. The molecule has 0 bridgehead atoms. The summed E-state index contributed by atoms with van der Waals surface area (Å²) in [6.45, 7) is 0.957. The summed E-state index contributed by atoms with van der Waals surface area (Å²) in [4.78, 5) is 13.3. The van der Waals surface area contributed by atoms with Gasteiger partial charge in [0.2, 0.25) is 5.91 Å². The molecule has 0 radical (unpaired) electrons. The molecule has 0 saturated carbocycles. The van der Waals surface area contributed by atoms with Gasteiger partial charge in [-0.2, -0.15) is 0 Å². The number of carbonyl (C=O) groups excluding carboxylic acids is 1. The van der Waals surface area contributed by atoms with Gasteiger partial charge in [0.1, 0.15) is 11.9 Å². The molecule has 0 unspecified atom stereocenters. The van der Waals surface area contributed by atoms with Crippen LogP contribution in [-0.2, 0) is 4.79 Å². The lowest BCUT2D eigenvalue weighted by molar-refractivity contribution is -0.119. The number of likely N-dealkylation sites (tertiary alicyclic amines) is 1. The zero-order chi connectivity index (χ0) is 12.3. The van der Waals surface area contributed by atoms with Gasteiger partial charge in [0, 0.05) is 18.8 Å². The molecule has 1 fully saturated rings. The monoisotopic (exact) mass is 238 g/mol. The van der Waals surface area contributed by atoms with Crippen LogP contribution in [0.3, 0.4) is 0 Å². The van der Waals surface area contributed by atoms with Gasteiger partial charge in [-0.3, -0.25) is 9.69 Å². The Morgan fingerprint density at radius 3 is 2.65 bits per heavy atom. The number of benzene rings is 1. The Kier molecular flexibility index (Phi) is 3.58. The third-order valence-corrected chi connectivity index (χ3v) is 2.65. The molecule has 0 aromatic heterocycles. The van der Waals surface area contributed by atoms with Crippen LogP contribution in [0.25, 0.3) is 0 Å². The van der Waals surface area contributed by atoms with Gasteiger partial charge in [-0.05, 0) is 24.3 Å². The largest absolute Gasteiger partial charge is 0.497 e. The summed E-state index contributed by atoms with van der Waals surface area (Å²) in [6, 6.07) is 7.09. The first-order valence-corrected chi connectivity index (χ1v) is 5.47. The normalized spacial score (nSPS) is 16.4. The third kappa shape index (κ3) is 3.17. The fourth-order valence-corrected chi connectivity index (χ4v) is 1.71. The number of halogens is 1. The smallest absolute Gasteiger partial charge is 0.238 e. The van der Waals surface area contributed by atoms with Gasteiger partial charge in [-0.1, -0.05) is 0 Å². The molecule has 0 aliphatic carbocycles.